The first-order valence-electron chi connectivity index (χ1n) is 6.11. The first-order chi connectivity index (χ1) is 7.27. The lowest BCUT2D eigenvalue weighted by Gasteiger charge is -2.20. The molecule has 3 nitrogen and oxygen atoms in total. The highest BCUT2D eigenvalue weighted by molar-refractivity contribution is 4.86. The van der Waals surface area contributed by atoms with Crippen LogP contribution in [0.3, 0.4) is 0 Å². The van der Waals surface area contributed by atoms with E-state index in [4.69, 9.17) is 9.47 Å². The Hall–Kier alpha value is -0.120. The Morgan fingerprint density at radius 2 is 2.07 bits per heavy atom. The molecule has 2 atom stereocenters. The molecule has 0 spiro atoms. The smallest absolute Gasteiger partial charge is 0.0781 e. The van der Waals surface area contributed by atoms with Gasteiger partial charge < -0.3 is 14.8 Å². The fourth-order valence-corrected chi connectivity index (χ4v) is 1.74. The number of ether oxygens (including phenoxy) is 2. The third-order valence-corrected chi connectivity index (χ3v) is 2.81. The fraction of sp³-hybridized carbons (Fsp3) is 1.00. The van der Waals surface area contributed by atoms with Gasteiger partial charge in [-0.25, -0.2) is 0 Å². The Balaban J connectivity index is 2.13. The zero-order valence-corrected chi connectivity index (χ0v) is 10.3. The maximum absolute atomic E-state index is 5.76. The molecule has 0 aromatic heterocycles. The quantitative estimate of drug-likeness (QED) is 0.636. The summed E-state index contributed by atoms with van der Waals surface area (Å²) < 4.78 is 10.8. The van der Waals surface area contributed by atoms with Crippen LogP contribution in [0.4, 0.5) is 0 Å². The van der Waals surface area contributed by atoms with Gasteiger partial charge in [-0.1, -0.05) is 6.92 Å². The molecule has 1 rings (SSSR count). The van der Waals surface area contributed by atoms with Gasteiger partial charge in [-0.2, -0.15) is 0 Å². The number of nitrogens with one attached hydrogen (secondary N) is 1. The SMILES string of the molecule is CCCNC(COC(C)COC)C1CC1. The van der Waals surface area contributed by atoms with E-state index in [2.05, 4.69) is 19.2 Å². The Labute approximate surface area is 93.5 Å². The van der Waals surface area contributed by atoms with E-state index in [-0.39, 0.29) is 6.10 Å². The molecule has 0 saturated heterocycles. The van der Waals surface area contributed by atoms with E-state index in [0.29, 0.717) is 12.6 Å². The van der Waals surface area contributed by atoms with Crippen molar-refractivity contribution in [1.29, 1.82) is 0 Å². The maximum Gasteiger partial charge on any atom is 0.0781 e. The Morgan fingerprint density at radius 3 is 2.60 bits per heavy atom. The molecule has 0 radical (unpaired) electrons. The maximum atomic E-state index is 5.76. The number of methoxy groups -OCH3 is 1. The zero-order valence-electron chi connectivity index (χ0n) is 10.3. The van der Waals surface area contributed by atoms with Gasteiger partial charge in [0.05, 0.1) is 19.3 Å². The van der Waals surface area contributed by atoms with E-state index in [1.54, 1.807) is 7.11 Å². The van der Waals surface area contributed by atoms with Crippen molar-refractivity contribution in [3.63, 3.8) is 0 Å². The van der Waals surface area contributed by atoms with Crippen molar-refractivity contribution < 1.29 is 9.47 Å². The van der Waals surface area contributed by atoms with Gasteiger partial charge in [0.25, 0.3) is 0 Å². The average Bonchev–Trinajstić information content (AvgIpc) is 3.02. The highest BCUT2D eigenvalue weighted by Gasteiger charge is 2.30. The predicted octanol–water partition coefficient (Wildman–Crippen LogP) is 1.82. The summed E-state index contributed by atoms with van der Waals surface area (Å²) in [7, 11) is 1.72. The molecule has 1 saturated carbocycles. The van der Waals surface area contributed by atoms with Gasteiger partial charge in [0.2, 0.25) is 0 Å². The van der Waals surface area contributed by atoms with Crippen LogP contribution >= 0.6 is 0 Å². The van der Waals surface area contributed by atoms with Crippen molar-refractivity contribution in [3.05, 3.63) is 0 Å². The van der Waals surface area contributed by atoms with Gasteiger partial charge in [-0.15, -0.1) is 0 Å². The second-order valence-corrected chi connectivity index (χ2v) is 4.50. The van der Waals surface area contributed by atoms with Crippen LogP contribution < -0.4 is 5.32 Å². The lowest BCUT2D eigenvalue weighted by Crippen LogP contribution is -2.37. The van der Waals surface area contributed by atoms with Gasteiger partial charge in [-0.05, 0) is 38.6 Å². The number of hydrogen-bond donors (Lipinski definition) is 1. The van der Waals surface area contributed by atoms with E-state index in [9.17, 15) is 0 Å². The molecule has 1 aliphatic carbocycles. The molecule has 1 aliphatic rings. The predicted molar refractivity (Wildman–Crippen MR) is 62.1 cm³/mol. The van der Waals surface area contributed by atoms with Gasteiger partial charge in [0.1, 0.15) is 0 Å². The molecular weight excluding hydrogens is 190 g/mol. The molecule has 15 heavy (non-hydrogen) atoms. The number of rotatable bonds is 9. The Bertz CT molecular complexity index is 160. The van der Waals surface area contributed by atoms with Crippen molar-refractivity contribution in [2.24, 2.45) is 5.92 Å². The normalized spacial score (nSPS) is 20.2. The topological polar surface area (TPSA) is 30.5 Å². The van der Waals surface area contributed by atoms with E-state index >= 15 is 0 Å². The fourth-order valence-electron chi connectivity index (χ4n) is 1.74. The van der Waals surface area contributed by atoms with Crippen molar-refractivity contribution >= 4 is 0 Å². The lowest BCUT2D eigenvalue weighted by atomic mass is 10.2. The summed E-state index contributed by atoms with van der Waals surface area (Å²) in [6.45, 7) is 6.88. The summed E-state index contributed by atoms with van der Waals surface area (Å²) in [5.41, 5.74) is 0. The first-order valence-corrected chi connectivity index (χ1v) is 6.11. The molecule has 0 heterocycles. The largest absolute Gasteiger partial charge is 0.382 e. The number of hydrogen-bond acceptors (Lipinski definition) is 3. The van der Waals surface area contributed by atoms with Crippen molar-refractivity contribution in [3.8, 4) is 0 Å². The Morgan fingerprint density at radius 1 is 1.33 bits per heavy atom. The van der Waals surface area contributed by atoms with Crippen LogP contribution in [0.25, 0.3) is 0 Å². The van der Waals surface area contributed by atoms with Gasteiger partial charge in [0, 0.05) is 13.2 Å². The van der Waals surface area contributed by atoms with E-state index in [1.165, 1.54) is 19.3 Å². The van der Waals surface area contributed by atoms with E-state index < -0.39 is 0 Å². The zero-order chi connectivity index (χ0) is 11.1. The molecule has 0 aliphatic heterocycles. The van der Waals surface area contributed by atoms with Crippen LogP contribution in [-0.2, 0) is 9.47 Å². The third kappa shape index (κ3) is 5.50. The van der Waals surface area contributed by atoms with Crippen molar-refractivity contribution in [2.45, 2.75) is 45.3 Å². The summed E-state index contributed by atoms with van der Waals surface area (Å²) >= 11 is 0. The minimum absolute atomic E-state index is 0.208. The van der Waals surface area contributed by atoms with Crippen molar-refractivity contribution in [1.82, 2.24) is 5.32 Å². The summed E-state index contributed by atoms with van der Waals surface area (Å²) in [5, 5.41) is 3.56. The van der Waals surface area contributed by atoms with Crippen molar-refractivity contribution in [2.75, 3.05) is 26.9 Å². The lowest BCUT2D eigenvalue weighted by molar-refractivity contribution is -0.00256. The monoisotopic (exact) mass is 215 g/mol. The van der Waals surface area contributed by atoms with E-state index in [1.807, 2.05) is 0 Å². The minimum atomic E-state index is 0.208. The van der Waals surface area contributed by atoms with Crippen LogP contribution in [0.5, 0.6) is 0 Å². The summed E-state index contributed by atoms with van der Waals surface area (Å²) in [4.78, 5) is 0. The summed E-state index contributed by atoms with van der Waals surface area (Å²) in [6, 6.07) is 0.559. The van der Waals surface area contributed by atoms with Crippen LogP contribution in [0, 0.1) is 5.92 Å². The molecule has 3 heteroatoms. The molecular formula is C12H25NO2. The summed E-state index contributed by atoms with van der Waals surface area (Å²) in [5.74, 6) is 0.853. The molecule has 90 valence electrons. The van der Waals surface area contributed by atoms with Crippen LogP contribution in [0.2, 0.25) is 0 Å². The average molecular weight is 215 g/mol. The second-order valence-electron chi connectivity index (χ2n) is 4.50. The molecule has 0 amide bonds. The highest BCUT2D eigenvalue weighted by Crippen LogP contribution is 2.32. The molecule has 1 N–H and O–H groups in total. The summed E-state index contributed by atoms with van der Waals surface area (Å²) in [6.07, 6.45) is 4.13. The van der Waals surface area contributed by atoms with Gasteiger partial charge in [0.15, 0.2) is 0 Å². The van der Waals surface area contributed by atoms with Gasteiger partial charge >= 0.3 is 0 Å². The second kappa shape index (κ2) is 7.20. The molecule has 0 bridgehead atoms. The van der Waals surface area contributed by atoms with Crippen LogP contribution in [-0.4, -0.2) is 39.0 Å². The standard InChI is InChI=1S/C12H25NO2/c1-4-7-13-12(11-5-6-11)9-15-10(2)8-14-3/h10-13H,4-9H2,1-3H3. The van der Waals surface area contributed by atoms with Crippen LogP contribution in [0.1, 0.15) is 33.1 Å². The first kappa shape index (κ1) is 12.9. The van der Waals surface area contributed by atoms with E-state index in [0.717, 1.165) is 19.1 Å². The minimum Gasteiger partial charge on any atom is -0.382 e. The molecule has 1 fully saturated rings. The highest BCUT2D eigenvalue weighted by atomic mass is 16.5. The third-order valence-electron chi connectivity index (χ3n) is 2.81. The molecule has 2 unspecified atom stereocenters. The molecule has 0 aromatic rings. The van der Waals surface area contributed by atoms with Crippen LogP contribution in [0.15, 0.2) is 0 Å². The molecule has 0 aromatic carbocycles. The van der Waals surface area contributed by atoms with Gasteiger partial charge in [-0.3, -0.25) is 0 Å². The Kier molecular flexibility index (Phi) is 6.22.